The third kappa shape index (κ3) is 4.26. The van der Waals surface area contributed by atoms with Gasteiger partial charge in [0.15, 0.2) is 0 Å². The van der Waals surface area contributed by atoms with Gasteiger partial charge in [0.2, 0.25) is 11.8 Å². The van der Waals surface area contributed by atoms with Gasteiger partial charge in [-0.05, 0) is 26.0 Å². The van der Waals surface area contributed by atoms with Gasteiger partial charge >= 0.3 is 0 Å². The number of benzene rings is 1. The van der Waals surface area contributed by atoms with Gasteiger partial charge in [-0.1, -0.05) is 18.2 Å². The van der Waals surface area contributed by atoms with E-state index in [1.165, 1.54) is 5.69 Å². The fourth-order valence-corrected chi connectivity index (χ4v) is 2.79. The van der Waals surface area contributed by atoms with Crippen molar-refractivity contribution < 1.29 is 14.3 Å². The quantitative estimate of drug-likeness (QED) is 0.626. The SMILES string of the molecule is COCCNC(=O)C(C)(C)C(=O)N1CCN(c2ccccc2)CC1. The molecule has 6 heteroatoms. The Kier molecular flexibility index (Phi) is 6.20. The fraction of sp³-hybridized carbons (Fsp3) is 0.556. The first-order valence-corrected chi connectivity index (χ1v) is 8.33. The molecule has 0 saturated carbocycles. The molecule has 0 bridgehead atoms. The summed E-state index contributed by atoms with van der Waals surface area (Å²) in [6, 6.07) is 10.2. The fourth-order valence-electron chi connectivity index (χ4n) is 2.79. The Morgan fingerprint density at radius 3 is 2.33 bits per heavy atom. The van der Waals surface area contributed by atoms with Crippen LogP contribution in [0.3, 0.4) is 0 Å². The Morgan fingerprint density at radius 1 is 1.12 bits per heavy atom. The molecule has 6 nitrogen and oxygen atoms in total. The molecular weight excluding hydrogens is 306 g/mol. The molecule has 0 aromatic heterocycles. The molecular formula is C18H27N3O3. The van der Waals surface area contributed by atoms with E-state index in [1.54, 1.807) is 25.9 Å². The van der Waals surface area contributed by atoms with Gasteiger partial charge in [0.1, 0.15) is 5.41 Å². The molecule has 0 unspecified atom stereocenters. The van der Waals surface area contributed by atoms with Crippen LogP contribution in [0, 0.1) is 5.41 Å². The van der Waals surface area contributed by atoms with E-state index in [0.29, 0.717) is 26.2 Å². The van der Waals surface area contributed by atoms with Crippen LogP contribution >= 0.6 is 0 Å². The minimum Gasteiger partial charge on any atom is -0.383 e. The predicted octanol–water partition coefficient (Wildman–Crippen LogP) is 1.12. The standard InChI is InChI=1S/C18H27N3O3/c1-18(2,16(22)19-9-14-24-3)17(23)21-12-10-20(11-13-21)15-7-5-4-6-8-15/h4-8H,9-14H2,1-3H3,(H,19,22). The van der Waals surface area contributed by atoms with Crippen molar-refractivity contribution in [3.8, 4) is 0 Å². The van der Waals surface area contributed by atoms with Gasteiger partial charge in [0, 0.05) is 45.5 Å². The number of nitrogens with zero attached hydrogens (tertiary/aromatic N) is 2. The van der Waals surface area contributed by atoms with Crippen molar-refractivity contribution in [2.75, 3.05) is 51.3 Å². The van der Waals surface area contributed by atoms with Crippen LogP contribution in [0.4, 0.5) is 5.69 Å². The molecule has 132 valence electrons. The molecule has 0 aliphatic carbocycles. The zero-order chi connectivity index (χ0) is 17.6. The van der Waals surface area contributed by atoms with Crippen LogP contribution in [-0.2, 0) is 14.3 Å². The lowest BCUT2D eigenvalue weighted by Gasteiger charge is -2.39. The topological polar surface area (TPSA) is 61.9 Å². The molecule has 0 spiro atoms. The van der Waals surface area contributed by atoms with Crippen LogP contribution < -0.4 is 10.2 Å². The number of para-hydroxylation sites is 1. The zero-order valence-electron chi connectivity index (χ0n) is 14.7. The number of ether oxygens (including phenoxy) is 1. The Morgan fingerprint density at radius 2 is 1.75 bits per heavy atom. The third-order valence-electron chi connectivity index (χ3n) is 4.38. The summed E-state index contributed by atoms with van der Waals surface area (Å²) >= 11 is 0. The first-order chi connectivity index (χ1) is 11.5. The number of piperazine rings is 1. The van der Waals surface area contributed by atoms with Crippen LogP contribution in [0.1, 0.15) is 13.8 Å². The second-order valence-electron chi connectivity index (χ2n) is 6.49. The summed E-state index contributed by atoms with van der Waals surface area (Å²) in [5.41, 5.74) is 0.101. The molecule has 2 rings (SSSR count). The van der Waals surface area contributed by atoms with Gasteiger partial charge in [0.25, 0.3) is 0 Å². The van der Waals surface area contributed by atoms with Crippen LogP contribution in [0.15, 0.2) is 30.3 Å². The predicted molar refractivity (Wildman–Crippen MR) is 93.9 cm³/mol. The number of methoxy groups -OCH3 is 1. The molecule has 0 radical (unpaired) electrons. The van der Waals surface area contributed by atoms with Gasteiger partial charge in [-0.3, -0.25) is 9.59 Å². The van der Waals surface area contributed by atoms with Crippen LogP contribution in [0.25, 0.3) is 0 Å². The summed E-state index contributed by atoms with van der Waals surface area (Å²) in [4.78, 5) is 29.1. The average molecular weight is 333 g/mol. The highest BCUT2D eigenvalue weighted by Gasteiger charge is 2.39. The monoisotopic (exact) mass is 333 g/mol. The molecule has 1 N–H and O–H groups in total. The molecule has 0 atom stereocenters. The van der Waals surface area contributed by atoms with Gasteiger partial charge in [-0.25, -0.2) is 0 Å². The van der Waals surface area contributed by atoms with Crippen molar-refractivity contribution in [3.05, 3.63) is 30.3 Å². The molecule has 1 heterocycles. The third-order valence-corrected chi connectivity index (χ3v) is 4.38. The number of hydrogen-bond donors (Lipinski definition) is 1. The number of nitrogens with one attached hydrogen (secondary N) is 1. The number of hydrogen-bond acceptors (Lipinski definition) is 4. The smallest absolute Gasteiger partial charge is 0.237 e. The minimum absolute atomic E-state index is 0.120. The zero-order valence-corrected chi connectivity index (χ0v) is 14.7. The molecule has 1 aliphatic heterocycles. The summed E-state index contributed by atoms with van der Waals surface area (Å²) in [6.45, 7) is 7.01. The lowest BCUT2D eigenvalue weighted by atomic mass is 9.90. The van der Waals surface area contributed by atoms with Crippen LogP contribution in [-0.4, -0.2) is 63.2 Å². The number of carbonyl (C=O) groups is 2. The van der Waals surface area contributed by atoms with Gasteiger partial charge in [-0.2, -0.15) is 0 Å². The summed E-state index contributed by atoms with van der Waals surface area (Å²) in [7, 11) is 1.58. The second-order valence-corrected chi connectivity index (χ2v) is 6.49. The lowest BCUT2D eigenvalue weighted by Crippen LogP contribution is -2.55. The molecule has 24 heavy (non-hydrogen) atoms. The molecule has 1 saturated heterocycles. The maximum atomic E-state index is 12.8. The van der Waals surface area contributed by atoms with Crippen molar-refractivity contribution in [2.45, 2.75) is 13.8 Å². The Hall–Kier alpha value is -2.08. The highest BCUT2D eigenvalue weighted by Crippen LogP contribution is 2.22. The van der Waals surface area contributed by atoms with Crippen molar-refractivity contribution in [3.63, 3.8) is 0 Å². The van der Waals surface area contributed by atoms with Crippen molar-refractivity contribution in [1.29, 1.82) is 0 Å². The molecule has 1 fully saturated rings. The second kappa shape index (κ2) is 8.15. The highest BCUT2D eigenvalue weighted by atomic mass is 16.5. The van der Waals surface area contributed by atoms with E-state index in [2.05, 4.69) is 22.3 Å². The van der Waals surface area contributed by atoms with E-state index in [1.807, 2.05) is 18.2 Å². The Balaban J connectivity index is 1.90. The highest BCUT2D eigenvalue weighted by molar-refractivity contribution is 6.04. The average Bonchev–Trinajstić information content (AvgIpc) is 2.62. The van der Waals surface area contributed by atoms with Gasteiger partial charge in [0.05, 0.1) is 6.61 Å². The number of rotatable bonds is 6. The Bertz CT molecular complexity index is 552. The van der Waals surface area contributed by atoms with Crippen LogP contribution in [0.5, 0.6) is 0 Å². The van der Waals surface area contributed by atoms with E-state index in [4.69, 9.17) is 4.74 Å². The normalized spacial score (nSPS) is 15.3. The van der Waals surface area contributed by atoms with Gasteiger partial charge in [-0.15, -0.1) is 0 Å². The Labute approximate surface area is 143 Å². The van der Waals surface area contributed by atoms with Crippen molar-refractivity contribution in [1.82, 2.24) is 10.2 Å². The van der Waals surface area contributed by atoms with E-state index < -0.39 is 5.41 Å². The molecule has 1 aromatic rings. The number of anilines is 1. The largest absolute Gasteiger partial charge is 0.383 e. The van der Waals surface area contributed by atoms with E-state index in [9.17, 15) is 9.59 Å². The van der Waals surface area contributed by atoms with E-state index >= 15 is 0 Å². The van der Waals surface area contributed by atoms with E-state index in [0.717, 1.165) is 13.1 Å². The maximum absolute atomic E-state index is 12.8. The number of amides is 2. The van der Waals surface area contributed by atoms with Gasteiger partial charge < -0.3 is 19.9 Å². The van der Waals surface area contributed by atoms with Crippen molar-refractivity contribution >= 4 is 17.5 Å². The molecule has 1 aliphatic rings. The maximum Gasteiger partial charge on any atom is 0.237 e. The number of carbonyl (C=O) groups excluding carboxylic acids is 2. The van der Waals surface area contributed by atoms with E-state index in [-0.39, 0.29) is 11.8 Å². The first-order valence-electron chi connectivity index (χ1n) is 8.33. The summed E-state index contributed by atoms with van der Waals surface area (Å²) < 4.78 is 4.92. The summed E-state index contributed by atoms with van der Waals surface area (Å²) in [5, 5.41) is 2.76. The minimum atomic E-state index is -1.07. The summed E-state index contributed by atoms with van der Waals surface area (Å²) in [5.74, 6) is -0.375. The lowest BCUT2D eigenvalue weighted by molar-refractivity contribution is -0.148. The van der Waals surface area contributed by atoms with Crippen molar-refractivity contribution in [2.24, 2.45) is 5.41 Å². The summed E-state index contributed by atoms with van der Waals surface area (Å²) in [6.07, 6.45) is 0. The van der Waals surface area contributed by atoms with Crippen LogP contribution in [0.2, 0.25) is 0 Å². The molecule has 1 aromatic carbocycles. The molecule has 2 amide bonds. The first kappa shape index (κ1) is 18.3.